The number of nitrogens with zero attached hydrogens (tertiary/aromatic N) is 1. The number of halogens is 3. The van der Waals surface area contributed by atoms with Crippen molar-refractivity contribution >= 4 is 56.5 Å². The van der Waals surface area contributed by atoms with E-state index in [1.54, 1.807) is 36.4 Å². The Balaban J connectivity index is 1.86. The predicted molar refractivity (Wildman–Crippen MR) is 97.1 cm³/mol. The zero-order valence-corrected chi connectivity index (χ0v) is 15.3. The maximum Gasteiger partial charge on any atom is 0.293 e. The molecule has 1 fully saturated rings. The first-order chi connectivity index (χ1) is 11.4. The third-order valence-corrected chi connectivity index (χ3v) is 4.98. The molecule has 2 amide bonds. The number of carbonyl (C=O) groups excluding carboxylic acids is 2. The van der Waals surface area contributed by atoms with Crippen LogP contribution < -0.4 is 0 Å². The number of imide groups is 1. The Morgan fingerprint density at radius 1 is 1.21 bits per heavy atom. The van der Waals surface area contributed by atoms with Crippen LogP contribution in [0.25, 0.3) is 6.08 Å². The van der Waals surface area contributed by atoms with Crippen LogP contribution in [0.4, 0.5) is 9.18 Å². The van der Waals surface area contributed by atoms with Gasteiger partial charge in [-0.1, -0.05) is 39.7 Å². The second kappa shape index (κ2) is 7.09. The highest BCUT2D eigenvalue weighted by Gasteiger charge is 2.35. The largest absolute Gasteiger partial charge is 0.293 e. The molecule has 1 aliphatic rings. The van der Waals surface area contributed by atoms with Gasteiger partial charge in [0.2, 0.25) is 0 Å². The van der Waals surface area contributed by atoms with Crippen LogP contribution >= 0.6 is 39.3 Å². The van der Waals surface area contributed by atoms with E-state index < -0.39 is 11.7 Å². The van der Waals surface area contributed by atoms with Gasteiger partial charge in [0.15, 0.2) is 0 Å². The number of hydrogen-bond acceptors (Lipinski definition) is 3. The van der Waals surface area contributed by atoms with Crippen LogP contribution in [0.2, 0.25) is 5.02 Å². The van der Waals surface area contributed by atoms with Gasteiger partial charge in [-0.3, -0.25) is 14.5 Å². The van der Waals surface area contributed by atoms with E-state index in [0.29, 0.717) is 9.50 Å². The van der Waals surface area contributed by atoms with Gasteiger partial charge in [0.1, 0.15) is 5.82 Å². The van der Waals surface area contributed by atoms with Gasteiger partial charge >= 0.3 is 0 Å². The predicted octanol–water partition coefficient (Wildman–Crippen LogP) is 5.48. The van der Waals surface area contributed by atoms with Crippen molar-refractivity contribution in [1.29, 1.82) is 0 Å². The van der Waals surface area contributed by atoms with E-state index in [1.165, 1.54) is 12.1 Å². The summed E-state index contributed by atoms with van der Waals surface area (Å²) in [5.74, 6) is -0.899. The molecule has 2 aromatic rings. The molecule has 1 aliphatic heterocycles. The number of carbonyl (C=O) groups is 2. The first-order valence-electron chi connectivity index (χ1n) is 6.89. The monoisotopic (exact) mass is 425 g/mol. The molecule has 1 saturated heterocycles. The Hall–Kier alpha value is -1.63. The summed E-state index contributed by atoms with van der Waals surface area (Å²) in [5.41, 5.74) is 0.998. The number of benzene rings is 2. The maximum atomic E-state index is 13.8. The molecule has 122 valence electrons. The molecular formula is C17H10BrClFNO2S. The van der Waals surface area contributed by atoms with E-state index in [4.69, 9.17) is 11.6 Å². The highest BCUT2D eigenvalue weighted by atomic mass is 79.9. The normalized spacial score (nSPS) is 16.3. The Bertz CT molecular complexity index is 871. The lowest BCUT2D eigenvalue weighted by molar-refractivity contribution is -0.123. The number of thioether (sulfide) groups is 1. The molecule has 24 heavy (non-hydrogen) atoms. The van der Waals surface area contributed by atoms with Crippen molar-refractivity contribution in [1.82, 2.24) is 4.90 Å². The molecule has 0 atom stereocenters. The molecule has 3 rings (SSSR count). The van der Waals surface area contributed by atoms with Crippen molar-refractivity contribution in [2.24, 2.45) is 0 Å². The van der Waals surface area contributed by atoms with Crippen LogP contribution in [-0.4, -0.2) is 16.0 Å². The van der Waals surface area contributed by atoms with Gasteiger partial charge in [-0.25, -0.2) is 4.39 Å². The Morgan fingerprint density at radius 3 is 2.75 bits per heavy atom. The van der Waals surface area contributed by atoms with Crippen molar-refractivity contribution in [2.75, 3.05) is 0 Å². The van der Waals surface area contributed by atoms with Crippen molar-refractivity contribution < 1.29 is 14.0 Å². The Kier molecular flexibility index (Phi) is 5.08. The summed E-state index contributed by atoms with van der Waals surface area (Å²) in [6.45, 7) is 0.129. The molecule has 0 aliphatic carbocycles. The van der Waals surface area contributed by atoms with Crippen LogP contribution in [0.5, 0.6) is 0 Å². The first-order valence-corrected chi connectivity index (χ1v) is 8.87. The van der Waals surface area contributed by atoms with Crippen molar-refractivity contribution in [3.63, 3.8) is 0 Å². The van der Waals surface area contributed by atoms with Gasteiger partial charge < -0.3 is 0 Å². The van der Waals surface area contributed by atoms with Crippen LogP contribution in [-0.2, 0) is 11.3 Å². The fraction of sp³-hybridized carbons (Fsp3) is 0.0588. The molecule has 0 spiro atoms. The van der Waals surface area contributed by atoms with Gasteiger partial charge in [0, 0.05) is 15.1 Å². The molecule has 0 unspecified atom stereocenters. The Morgan fingerprint density at radius 2 is 2.00 bits per heavy atom. The highest BCUT2D eigenvalue weighted by Crippen LogP contribution is 2.34. The molecular weight excluding hydrogens is 417 g/mol. The lowest BCUT2D eigenvalue weighted by Crippen LogP contribution is -2.27. The molecule has 1 heterocycles. The van der Waals surface area contributed by atoms with E-state index in [9.17, 15) is 14.0 Å². The fourth-order valence-corrected chi connectivity index (χ4v) is 3.64. The smallest absolute Gasteiger partial charge is 0.268 e. The molecule has 0 saturated carbocycles. The fourth-order valence-electron chi connectivity index (χ4n) is 2.22. The topological polar surface area (TPSA) is 37.4 Å². The lowest BCUT2D eigenvalue weighted by atomic mass is 10.2. The molecule has 0 aromatic heterocycles. The van der Waals surface area contributed by atoms with Crippen molar-refractivity contribution in [3.05, 3.63) is 73.8 Å². The lowest BCUT2D eigenvalue weighted by Gasteiger charge is -2.12. The molecule has 0 bridgehead atoms. The zero-order chi connectivity index (χ0) is 17.3. The van der Waals surface area contributed by atoms with Crippen LogP contribution in [0.1, 0.15) is 11.1 Å². The first kappa shape index (κ1) is 17.2. The second-order valence-corrected chi connectivity index (χ2v) is 7.41. The van der Waals surface area contributed by atoms with Gasteiger partial charge in [0.05, 0.1) is 11.4 Å². The van der Waals surface area contributed by atoms with Crippen LogP contribution in [0.3, 0.4) is 0 Å². The third kappa shape index (κ3) is 3.71. The molecule has 2 aromatic carbocycles. The average molecular weight is 427 g/mol. The summed E-state index contributed by atoms with van der Waals surface area (Å²) < 4.78 is 14.5. The van der Waals surface area contributed by atoms with E-state index in [1.807, 2.05) is 0 Å². The van der Waals surface area contributed by atoms with E-state index in [0.717, 1.165) is 22.2 Å². The molecule has 3 nitrogen and oxygen atoms in total. The molecule has 0 radical (unpaired) electrons. The van der Waals surface area contributed by atoms with E-state index in [-0.39, 0.29) is 22.3 Å². The van der Waals surface area contributed by atoms with Gasteiger partial charge in [-0.15, -0.1) is 0 Å². The quantitative estimate of drug-likeness (QED) is 0.610. The highest BCUT2D eigenvalue weighted by molar-refractivity contribution is 9.10. The number of hydrogen-bond donors (Lipinski definition) is 0. The SMILES string of the molecule is O=C1S/C(=C\c2cc(Br)ccc2F)C(=O)N1Cc1cccc(Cl)c1. The standard InChI is InChI=1S/C17H10BrClFNO2S/c18-12-4-5-14(20)11(7-12)8-15-16(22)21(17(23)24-15)9-10-2-1-3-13(19)6-10/h1-8H,9H2/b15-8-. The molecule has 0 N–H and O–H groups in total. The van der Waals surface area contributed by atoms with Gasteiger partial charge in [0.25, 0.3) is 11.1 Å². The van der Waals surface area contributed by atoms with E-state index in [2.05, 4.69) is 15.9 Å². The summed E-state index contributed by atoms with van der Waals surface area (Å²) in [7, 11) is 0. The summed E-state index contributed by atoms with van der Waals surface area (Å²) in [6.07, 6.45) is 1.39. The zero-order valence-electron chi connectivity index (χ0n) is 12.1. The summed E-state index contributed by atoms with van der Waals surface area (Å²) in [5, 5.41) is 0.146. The minimum atomic E-state index is -0.458. The third-order valence-electron chi connectivity index (χ3n) is 3.35. The van der Waals surface area contributed by atoms with Gasteiger partial charge in [-0.05, 0) is 53.7 Å². The summed E-state index contributed by atoms with van der Waals surface area (Å²) in [4.78, 5) is 25.9. The Labute approximate surface area is 155 Å². The molecule has 7 heteroatoms. The van der Waals surface area contributed by atoms with E-state index >= 15 is 0 Å². The van der Waals surface area contributed by atoms with Crippen LogP contribution in [0.15, 0.2) is 51.8 Å². The van der Waals surface area contributed by atoms with Crippen molar-refractivity contribution in [2.45, 2.75) is 6.54 Å². The minimum Gasteiger partial charge on any atom is -0.268 e. The number of amides is 2. The van der Waals surface area contributed by atoms with Crippen LogP contribution in [0, 0.1) is 5.82 Å². The average Bonchev–Trinajstić information content (AvgIpc) is 2.79. The minimum absolute atomic E-state index is 0.129. The number of rotatable bonds is 3. The second-order valence-electron chi connectivity index (χ2n) is 5.06. The summed E-state index contributed by atoms with van der Waals surface area (Å²) in [6, 6.07) is 11.4. The van der Waals surface area contributed by atoms with Crippen molar-refractivity contribution in [3.8, 4) is 0 Å². The van der Waals surface area contributed by atoms with Gasteiger partial charge in [-0.2, -0.15) is 0 Å². The maximum absolute atomic E-state index is 13.8. The summed E-state index contributed by atoms with van der Waals surface area (Å²) >= 11 is 9.98.